The van der Waals surface area contributed by atoms with E-state index >= 15 is 0 Å². The van der Waals surface area contributed by atoms with E-state index in [1.54, 1.807) is 24.4 Å². The van der Waals surface area contributed by atoms with Gasteiger partial charge in [-0.2, -0.15) is 0 Å². The maximum absolute atomic E-state index is 13.1. The molecule has 0 radical (unpaired) electrons. The molecule has 0 aliphatic rings. The van der Waals surface area contributed by atoms with Gasteiger partial charge in [0.25, 0.3) is 0 Å². The highest BCUT2D eigenvalue weighted by atomic mass is 79.9. The predicted octanol–water partition coefficient (Wildman–Crippen LogP) is 4.72. The first-order valence-corrected chi connectivity index (χ1v) is 8.83. The minimum absolute atomic E-state index is 0.0563. The second-order valence-corrected chi connectivity index (χ2v) is 6.73. The summed E-state index contributed by atoms with van der Waals surface area (Å²) in [6, 6.07) is 11.1. The van der Waals surface area contributed by atoms with Crippen LogP contribution in [0.4, 0.5) is 10.1 Å². The number of ether oxygens (including phenoxy) is 1. The molecule has 2 aromatic carbocycles. The highest BCUT2D eigenvalue weighted by Gasteiger charge is 2.10. The molecule has 0 aliphatic carbocycles. The number of aromatic nitrogens is 2. The molecule has 2 N–H and O–H groups in total. The van der Waals surface area contributed by atoms with Crippen molar-refractivity contribution in [2.45, 2.75) is 13.0 Å². The number of amides is 1. The summed E-state index contributed by atoms with van der Waals surface area (Å²) in [5, 5.41) is 9.61. The summed E-state index contributed by atoms with van der Waals surface area (Å²) in [7, 11) is 0. The highest BCUT2D eigenvalue weighted by molar-refractivity contribution is 9.10. The molecule has 0 fully saturated rings. The van der Waals surface area contributed by atoms with E-state index in [4.69, 9.17) is 16.3 Å². The van der Waals surface area contributed by atoms with Gasteiger partial charge < -0.3 is 10.1 Å². The molecule has 1 heterocycles. The topological polar surface area (TPSA) is 67.0 Å². The summed E-state index contributed by atoms with van der Waals surface area (Å²) in [6.45, 7) is 0.338. The van der Waals surface area contributed by atoms with Crippen LogP contribution >= 0.6 is 27.5 Å². The van der Waals surface area contributed by atoms with Crippen molar-refractivity contribution in [3.05, 3.63) is 75.1 Å². The second-order valence-electron chi connectivity index (χ2n) is 5.47. The Kier molecular flexibility index (Phi) is 5.90. The third-order valence-corrected chi connectivity index (χ3v) is 4.64. The summed E-state index contributed by atoms with van der Waals surface area (Å²) in [6.07, 6.45) is 1.73. The van der Waals surface area contributed by atoms with Crippen LogP contribution in [0.5, 0.6) is 5.88 Å². The summed E-state index contributed by atoms with van der Waals surface area (Å²) in [4.78, 5) is 12.2. The van der Waals surface area contributed by atoms with E-state index < -0.39 is 5.82 Å². The van der Waals surface area contributed by atoms with Crippen LogP contribution in [0.3, 0.4) is 0 Å². The van der Waals surface area contributed by atoms with Crippen molar-refractivity contribution in [1.82, 2.24) is 10.2 Å². The minimum atomic E-state index is -0.435. The molecule has 1 amide bonds. The van der Waals surface area contributed by atoms with Crippen molar-refractivity contribution in [3.8, 4) is 5.88 Å². The number of hydrogen-bond donors (Lipinski definition) is 2. The van der Waals surface area contributed by atoms with E-state index in [1.165, 1.54) is 18.2 Å². The van der Waals surface area contributed by atoms with Gasteiger partial charge in [-0.15, -0.1) is 5.10 Å². The van der Waals surface area contributed by atoms with E-state index in [1.807, 2.05) is 6.07 Å². The number of nitrogens with zero attached hydrogens (tertiary/aromatic N) is 1. The zero-order valence-electron chi connectivity index (χ0n) is 13.4. The Bertz CT molecular complexity index is 919. The van der Waals surface area contributed by atoms with E-state index in [9.17, 15) is 9.18 Å². The van der Waals surface area contributed by atoms with E-state index in [0.29, 0.717) is 23.7 Å². The van der Waals surface area contributed by atoms with Gasteiger partial charge in [0.05, 0.1) is 6.42 Å². The molecule has 134 valence electrons. The Labute approximate surface area is 162 Å². The molecule has 3 rings (SSSR count). The Morgan fingerprint density at radius 1 is 1.23 bits per heavy atom. The molecule has 5 nitrogen and oxygen atoms in total. The molecule has 0 unspecified atom stereocenters. The van der Waals surface area contributed by atoms with Gasteiger partial charge in [0.15, 0.2) is 0 Å². The minimum Gasteiger partial charge on any atom is -0.472 e. The van der Waals surface area contributed by atoms with Crippen LogP contribution in [-0.2, 0) is 17.8 Å². The van der Waals surface area contributed by atoms with Crippen molar-refractivity contribution < 1.29 is 13.9 Å². The Hall–Kier alpha value is -2.38. The number of anilines is 1. The van der Waals surface area contributed by atoms with Crippen LogP contribution in [0.1, 0.15) is 11.1 Å². The first-order chi connectivity index (χ1) is 12.5. The largest absolute Gasteiger partial charge is 0.472 e. The fourth-order valence-corrected chi connectivity index (χ4v) is 2.99. The summed E-state index contributed by atoms with van der Waals surface area (Å²) < 4.78 is 19.4. The maximum atomic E-state index is 13.1. The molecular formula is C18H14BrClFN3O2. The van der Waals surface area contributed by atoms with Crippen LogP contribution in [0.15, 0.2) is 53.1 Å². The summed E-state index contributed by atoms with van der Waals surface area (Å²) in [5.74, 6) is -0.174. The number of rotatable bonds is 6. The fraction of sp³-hybridized carbons (Fsp3) is 0.111. The Balaban J connectivity index is 1.60. The normalized spacial score (nSPS) is 10.6. The number of nitrogens with one attached hydrogen (secondary N) is 2. The van der Waals surface area contributed by atoms with Gasteiger partial charge in [0.1, 0.15) is 12.4 Å². The van der Waals surface area contributed by atoms with E-state index in [2.05, 4.69) is 31.4 Å². The molecular weight excluding hydrogens is 425 g/mol. The molecule has 3 aromatic rings. The average Bonchev–Trinajstić information content (AvgIpc) is 3.10. The highest BCUT2D eigenvalue weighted by Crippen LogP contribution is 2.24. The van der Waals surface area contributed by atoms with Gasteiger partial charge in [0, 0.05) is 33.0 Å². The van der Waals surface area contributed by atoms with Gasteiger partial charge in [0.2, 0.25) is 11.8 Å². The molecule has 26 heavy (non-hydrogen) atoms. The lowest BCUT2D eigenvalue weighted by molar-refractivity contribution is -0.115. The molecule has 0 bridgehead atoms. The lowest BCUT2D eigenvalue weighted by Crippen LogP contribution is -2.14. The molecule has 0 saturated heterocycles. The van der Waals surface area contributed by atoms with Crippen molar-refractivity contribution in [3.63, 3.8) is 0 Å². The fourth-order valence-electron chi connectivity index (χ4n) is 2.26. The number of hydrogen-bond acceptors (Lipinski definition) is 3. The number of halogens is 3. The van der Waals surface area contributed by atoms with Crippen LogP contribution in [0.2, 0.25) is 5.02 Å². The zero-order valence-corrected chi connectivity index (χ0v) is 15.8. The number of H-pyrrole nitrogens is 1. The molecule has 0 atom stereocenters. The molecule has 0 saturated carbocycles. The summed E-state index contributed by atoms with van der Waals surface area (Å²) >= 11 is 9.42. The van der Waals surface area contributed by atoms with Crippen molar-refractivity contribution in [2.24, 2.45) is 0 Å². The van der Waals surface area contributed by atoms with Crippen LogP contribution < -0.4 is 10.1 Å². The first kappa shape index (κ1) is 18.4. The third-order valence-electron chi connectivity index (χ3n) is 3.55. The molecule has 0 aliphatic heterocycles. The maximum Gasteiger partial charge on any atom is 0.232 e. The number of carbonyl (C=O) groups excluding carboxylic acids is 1. The van der Waals surface area contributed by atoms with Crippen LogP contribution in [0.25, 0.3) is 0 Å². The average molecular weight is 439 g/mol. The van der Waals surface area contributed by atoms with Gasteiger partial charge in [-0.1, -0.05) is 39.7 Å². The van der Waals surface area contributed by atoms with E-state index in [-0.39, 0.29) is 17.4 Å². The Morgan fingerprint density at radius 2 is 2.04 bits per heavy atom. The van der Waals surface area contributed by atoms with E-state index in [0.717, 1.165) is 10.0 Å². The van der Waals surface area contributed by atoms with Crippen LogP contribution in [0, 0.1) is 5.82 Å². The SMILES string of the molecule is O=C(Cc1ccc(F)cc1Cl)Nc1ccc(COc2cc[nH]n2)c(Br)c1. The third kappa shape index (κ3) is 4.83. The molecule has 8 heteroatoms. The molecule has 0 spiro atoms. The lowest BCUT2D eigenvalue weighted by Gasteiger charge is -2.10. The number of aromatic amines is 1. The zero-order chi connectivity index (χ0) is 18.5. The van der Waals surface area contributed by atoms with Gasteiger partial charge >= 0.3 is 0 Å². The van der Waals surface area contributed by atoms with Crippen molar-refractivity contribution in [1.29, 1.82) is 0 Å². The predicted molar refractivity (Wildman–Crippen MR) is 101 cm³/mol. The Morgan fingerprint density at radius 3 is 2.73 bits per heavy atom. The standard InChI is InChI=1S/C18H14BrClFN3O2/c19-15-9-14(4-2-12(15)10-26-18-5-6-22-24-18)23-17(25)7-11-1-3-13(21)8-16(11)20/h1-6,8-9H,7,10H2,(H,22,24)(H,23,25). The van der Waals surface area contributed by atoms with Crippen LogP contribution in [-0.4, -0.2) is 16.1 Å². The monoisotopic (exact) mass is 437 g/mol. The van der Waals surface area contributed by atoms with Gasteiger partial charge in [-0.05, 0) is 29.8 Å². The second kappa shape index (κ2) is 8.33. The quantitative estimate of drug-likeness (QED) is 0.585. The molecule has 1 aromatic heterocycles. The number of benzene rings is 2. The smallest absolute Gasteiger partial charge is 0.232 e. The summed E-state index contributed by atoms with van der Waals surface area (Å²) in [5.41, 5.74) is 2.10. The van der Waals surface area contributed by atoms with Gasteiger partial charge in [-0.25, -0.2) is 4.39 Å². The number of carbonyl (C=O) groups is 1. The van der Waals surface area contributed by atoms with Crippen molar-refractivity contribution >= 4 is 39.1 Å². The first-order valence-electron chi connectivity index (χ1n) is 7.66. The van der Waals surface area contributed by atoms with Gasteiger partial charge in [-0.3, -0.25) is 9.89 Å². The van der Waals surface area contributed by atoms with Crippen molar-refractivity contribution in [2.75, 3.05) is 5.32 Å². The lowest BCUT2D eigenvalue weighted by atomic mass is 10.1.